The van der Waals surface area contributed by atoms with Crippen molar-refractivity contribution >= 4 is 17.8 Å². The molecule has 0 unspecified atom stereocenters. The lowest BCUT2D eigenvalue weighted by Gasteiger charge is -2.30. The van der Waals surface area contributed by atoms with Crippen LogP contribution in [0.2, 0.25) is 0 Å². The Morgan fingerprint density at radius 1 is 1.10 bits per heavy atom. The Morgan fingerprint density at radius 3 is 2.43 bits per heavy atom. The number of benzene rings is 1. The first-order chi connectivity index (χ1) is 14.4. The van der Waals surface area contributed by atoms with E-state index < -0.39 is 12.1 Å². The number of hydrogen-bond donors (Lipinski definition) is 1. The van der Waals surface area contributed by atoms with Crippen molar-refractivity contribution in [3.8, 4) is 17.2 Å². The van der Waals surface area contributed by atoms with Gasteiger partial charge in [-0.05, 0) is 30.7 Å². The zero-order valence-corrected chi connectivity index (χ0v) is 16.4. The number of carboxylic acid groups (broad SMARTS) is 1. The van der Waals surface area contributed by atoms with Gasteiger partial charge in [0.2, 0.25) is 0 Å². The smallest absolute Gasteiger partial charge is 0.335 e. The number of carbonyl (C=O) groups excluding carboxylic acids is 2. The van der Waals surface area contributed by atoms with E-state index in [4.69, 9.17) is 9.47 Å². The molecule has 30 heavy (non-hydrogen) atoms. The van der Waals surface area contributed by atoms with Crippen LogP contribution in [-0.2, 0) is 4.79 Å². The summed E-state index contributed by atoms with van der Waals surface area (Å²) in [6, 6.07) is 7.41. The van der Waals surface area contributed by atoms with Crippen molar-refractivity contribution in [2.24, 2.45) is 0 Å². The molecular weight excluding hydrogens is 390 g/mol. The van der Waals surface area contributed by atoms with Gasteiger partial charge in [-0.2, -0.15) is 0 Å². The molecule has 2 aliphatic rings. The molecule has 2 fully saturated rings. The maximum atomic E-state index is 12.2. The first kappa shape index (κ1) is 19.7. The van der Waals surface area contributed by atoms with E-state index in [1.807, 2.05) is 0 Å². The molecule has 2 amide bonds. The number of nitrogens with zero attached hydrogens (tertiary/aromatic N) is 3. The number of hydrogen-bond acceptors (Lipinski definition) is 6. The van der Waals surface area contributed by atoms with E-state index in [9.17, 15) is 19.5 Å². The molecule has 0 bridgehead atoms. The van der Waals surface area contributed by atoms with Crippen molar-refractivity contribution in [2.75, 3.05) is 26.7 Å². The lowest BCUT2D eigenvalue weighted by atomic mass is 10.2. The normalized spacial score (nSPS) is 18.2. The fourth-order valence-electron chi connectivity index (χ4n) is 3.27. The van der Waals surface area contributed by atoms with Gasteiger partial charge in [0.25, 0.3) is 11.8 Å². The van der Waals surface area contributed by atoms with E-state index in [1.54, 1.807) is 29.0 Å². The second-order valence-corrected chi connectivity index (χ2v) is 7.28. The molecule has 0 saturated carbocycles. The number of ether oxygens (including phenoxy) is 2. The van der Waals surface area contributed by atoms with Crippen molar-refractivity contribution in [2.45, 2.75) is 18.9 Å². The van der Waals surface area contributed by atoms with E-state index in [-0.39, 0.29) is 28.9 Å². The van der Waals surface area contributed by atoms with Crippen molar-refractivity contribution in [1.29, 1.82) is 0 Å². The number of likely N-dealkylation sites (tertiary alicyclic amines) is 2. The van der Waals surface area contributed by atoms with Gasteiger partial charge in [0, 0.05) is 39.2 Å². The largest absolute Gasteiger partial charge is 0.480 e. The van der Waals surface area contributed by atoms with Crippen LogP contribution in [-0.4, -0.2) is 70.5 Å². The van der Waals surface area contributed by atoms with Crippen LogP contribution in [0, 0.1) is 0 Å². The van der Waals surface area contributed by atoms with Gasteiger partial charge in [-0.15, -0.1) is 0 Å². The van der Waals surface area contributed by atoms with E-state index in [0.717, 1.165) is 19.5 Å². The van der Waals surface area contributed by atoms with Crippen LogP contribution in [0.25, 0.3) is 0 Å². The van der Waals surface area contributed by atoms with Crippen LogP contribution in [0.4, 0.5) is 0 Å². The first-order valence-corrected chi connectivity index (χ1v) is 9.64. The van der Waals surface area contributed by atoms with Crippen LogP contribution in [0.15, 0.2) is 36.5 Å². The topological polar surface area (TPSA) is 109 Å². The zero-order chi connectivity index (χ0) is 21.3. The fraction of sp³-hybridized carbons (Fsp3) is 0.333. The summed E-state index contributed by atoms with van der Waals surface area (Å²) in [5.74, 6) is -0.607. The number of aromatic nitrogens is 1. The summed E-state index contributed by atoms with van der Waals surface area (Å²) in [6.45, 7) is 2.06. The molecule has 1 atom stereocenters. The minimum Gasteiger partial charge on any atom is -0.480 e. The Balaban J connectivity index is 1.51. The maximum Gasteiger partial charge on any atom is 0.335 e. The number of rotatable bonds is 6. The second-order valence-electron chi connectivity index (χ2n) is 7.28. The summed E-state index contributed by atoms with van der Waals surface area (Å²) >= 11 is 0. The van der Waals surface area contributed by atoms with E-state index in [0.29, 0.717) is 24.4 Å². The molecule has 0 radical (unpaired) electrons. The molecular formula is C21H21N3O6. The predicted molar refractivity (Wildman–Crippen MR) is 105 cm³/mol. The summed E-state index contributed by atoms with van der Waals surface area (Å²) in [4.78, 5) is 43.2. The van der Waals surface area contributed by atoms with Crippen LogP contribution < -0.4 is 9.47 Å². The van der Waals surface area contributed by atoms with Crippen molar-refractivity contribution < 1.29 is 29.0 Å². The van der Waals surface area contributed by atoms with Gasteiger partial charge >= 0.3 is 5.97 Å². The van der Waals surface area contributed by atoms with Gasteiger partial charge in [-0.1, -0.05) is 0 Å². The molecule has 1 N–H and O–H groups in total. The molecule has 9 heteroatoms. The van der Waals surface area contributed by atoms with Gasteiger partial charge in [0.1, 0.15) is 22.9 Å². The van der Waals surface area contributed by atoms with Gasteiger partial charge in [0.15, 0.2) is 6.10 Å². The average Bonchev–Trinajstić information content (AvgIpc) is 2.99. The molecule has 3 heterocycles. The van der Waals surface area contributed by atoms with E-state index >= 15 is 0 Å². The minimum atomic E-state index is -1.14. The van der Waals surface area contributed by atoms with Crippen molar-refractivity contribution in [3.05, 3.63) is 47.8 Å². The SMILES string of the molecule is CN1CC[C@H](Oc2cc(Oc3ccc(C(=O)N4CCC4)nc3)cc(C(=O)O)c2)C1=O. The lowest BCUT2D eigenvalue weighted by molar-refractivity contribution is -0.132. The highest BCUT2D eigenvalue weighted by Gasteiger charge is 2.31. The van der Waals surface area contributed by atoms with Crippen LogP contribution in [0.1, 0.15) is 33.7 Å². The molecule has 1 aromatic heterocycles. The van der Waals surface area contributed by atoms with Crippen LogP contribution in [0.5, 0.6) is 17.2 Å². The highest BCUT2D eigenvalue weighted by Crippen LogP contribution is 2.29. The quantitative estimate of drug-likeness (QED) is 0.774. The third-order valence-electron chi connectivity index (χ3n) is 5.12. The fourth-order valence-corrected chi connectivity index (χ4v) is 3.27. The Bertz CT molecular complexity index is 987. The summed E-state index contributed by atoms with van der Waals surface area (Å²) in [5, 5.41) is 9.39. The van der Waals surface area contributed by atoms with E-state index in [1.165, 1.54) is 24.4 Å². The molecule has 0 aliphatic carbocycles. The average molecular weight is 411 g/mol. The molecule has 9 nitrogen and oxygen atoms in total. The molecule has 156 valence electrons. The second kappa shape index (κ2) is 8.02. The number of likely N-dealkylation sites (N-methyl/N-ethyl adjacent to an activating group) is 1. The third-order valence-corrected chi connectivity index (χ3v) is 5.12. The Labute approximate surface area is 172 Å². The standard InChI is InChI=1S/C21H21N3O6/c1-23-8-5-18(20(23)26)30-16-10-13(21(27)28)9-15(11-16)29-14-3-4-17(22-12-14)19(25)24-6-2-7-24/h3-4,9-12,18H,2,5-8H2,1H3,(H,27,28)/t18-/m0/s1. The molecule has 2 saturated heterocycles. The van der Waals surface area contributed by atoms with Crippen LogP contribution in [0.3, 0.4) is 0 Å². The Kier molecular flexibility index (Phi) is 5.26. The van der Waals surface area contributed by atoms with Gasteiger partial charge in [-0.25, -0.2) is 9.78 Å². The number of carboxylic acids is 1. The van der Waals surface area contributed by atoms with Gasteiger partial charge < -0.3 is 24.4 Å². The predicted octanol–water partition coefficient (Wildman–Crippen LogP) is 2.03. The summed E-state index contributed by atoms with van der Waals surface area (Å²) < 4.78 is 11.5. The lowest BCUT2D eigenvalue weighted by Crippen LogP contribution is -2.42. The first-order valence-electron chi connectivity index (χ1n) is 9.64. The van der Waals surface area contributed by atoms with Crippen LogP contribution >= 0.6 is 0 Å². The van der Waals surface area contributed by atoms with Gasteiger partial charge in [0.05, 0.1) is 11.8 Å². The number of aromatic carboxylic acids is 1. The Hall–Kier alpha value is -3.62. The number of amides is 2. The van der Waals surface area contributed by atoms with E-state index in [2.05, 4.69) is 4.98 Å². The molecule has 2 aromatic rings. The summed E-state index contributed by atoms with van der Waals surface area (Å²) in [7, 11) is 1.69. The number of carbonyl (C=O) groups is 3. The highest BCUT2D eigenvalue weighted by atomic mass is 16.5. The van der Waals surface area contributed by atoms with Gasteiger partial charge in [-0.3, -0.25) is 9.59 Å². The zero-order valence-electron chi connectivity index (χ0n) is 16.4. The minimum absolute atomic E-state index is 0.0289. The third kappa shape index (κ3) is 4.05. The summed E-state index contributed by atoms with van der Waals surface area (Å²) in [6.07, 6.45) is 2.29. The monoisotopic (exact) mass is 411 g/mol. The molecule has 0 spiro atoms. The Morgan fingerprint density at radius 2 is 1.87 bits per heavy atom. The maximum absolute atomic E-state index is 12.2. The molecule has 2 aliphatic heterocycles. The molecule has 4 rings (SSSR count). The highest BCUT2D eigenvalue weighted by molar-refractivity contribution is 5.92. The summed E-state index contributed by atoms with van der Waals surface area (Å²) in [5.41, 5.74) is 0.299. The molecule has 1 aromatic carbocycles. The van der Waals surface area contributed by atoms with Crippen molar-refractivity contribution in [3.63, 3.8) is 0 Å². The number of pyridine rings is 1. The van der Waals surface area contributed by atoms with Crippen molar-refractivity contribution in [1.82, 2.24) is 14.8 Å².